The van der Waals surface area contributed by atoms with Crippen LogP contribution in [0.3, 0.4) is 0 Å². The number of carbonyl (C=O) groups is 2. The van der Waals surface area contributed by atoms with Crippen molar-refractivity contribution in [2.75, 3.05) is 19.8 Å². The molecule has 3 rings (SSSR count). The molecule has 0 spiro atoms. The van der Waals surface area contributed by atoms with E-state index in [-0.39, 0.29) is 23.0 Å². The maximum Gasteiger partial charge on any atom is 0.262 e. The van der Waals surface area contributed by atoms with Gasteiger partial charge in [-0.05, 0) is 55.8 Å². The summed E-state index contributed by atoms with van der Waals surface area (Å²) in [7, 11) is 0. The Morgan fingerprint density at radius 3 is 2.61 bits per heavy atom. The number of ether oxygens (including phenoxy) is 1. The summed E-state index contributed by atoms with van der Waals surface area (Å²) in [5.41, 5.74) is -0.601. The number of halogens is 1. The van der Waals surface area contributed by atoms with Gasteiger partial charge in [0.05, 0.1) is 4.88 Å². The van der Waals surface area contributed by atoms with Gasteiger partial charge in [0.2, 0.25) is 5.91 Å². The number of benzene rings is 1. The Balaban J connectivity index is 1.70. The van der Waals surface area contributed by atoms with Crippen LogP contribution in [0, 0.1) is 5.82 Å². The number of amides is 2. The molecule has 1 aliphatic heterocycles. The summed E-state index contributed by atoms with van der Waals surface area (Å²) < 4.78 is 19.3. The van der Waals surface area contributed by atoms with Crippen LogP contribution >= 0.6 is 11.3 Å². The van der Waals surface area contributed by atoms with Crippen molar-refractivity contribution in [2.45, 2.75) is 37.6 Å². The fourth-order valence-electron chi connectivity index (χ4n) is 3.43. The minimum Gasteiger partial charge on any atom is -0.381 e. The second-order valence-electron chi connectivity index (χ2n) is 7.64. The van der Waals surface area contributed by atoms with Crippen LogP contribution in [0.4, 0.5) is 4.39 Å². The molecular weight excluding hydrogens is 379 g/mol. The number of rotatable bonds is 6. The fourth-order valence-corrected chi connectivity index (χ4v) is 4.05. The molecule has 1 aromatic carbocycles. The molecule has 0 atom stereocenters. The molecule has 0 saturated carbocycles. The van der Waals surface area contributed by atoms with Crippen LogP contribution < -0.4 is 10.6 Å². The smallest absolute Gasteiger partial charge is 0.262 e. The molecular formula is C21H25FN2O3S. The number of nitrogens with one attached hydrogen (secondary N) is 2. The van der Waals surface area contributed by atoms with Gasteiger partial charge in [-0.3, -0.25) is 9.59 Å². The lowest BCUT2D eigenvalue weighted by Crippen LogP contribution is -2.57. The van der Waals surface area contributed by atoms with Crippen LogP contribution in [-0.2, 0) is 14.9 Å². The molecule has 1 aromatic heterocycles. The Bertz CT molecular complexity index is 830. The molecule has 2 N–H and O–H groups in total. The van der Waals surface area contributed by atoms with Gasteiger partial charge in [-0.25, -0.2) is 4.39 Å². The van der Waals surface area contributed by atoms with Crippen molar-refractivity contribution >= 4 is 23.2 Å². The summed E-state index contributed by atoms with van der Waals surface area (Å²) in [5, 5.41) is 7.57. The van der Waals surface area contributed by atoms with E-state index in [1.807, 2.05) is 11.4 Å². The molecule has 7 heteroatoms. The first-order valence-electron chi connectivity index (χ1n) is 9.31. The van der Waals surface area contributed by atoms with Gasteiger partial charge < -0.3 is 15.4 Å². The van der Waals surface area contributed by atoms with Crippen molar-refractivity contribution in [3.63, 3.8) is 0 Å². The largest absolute Gasteiger partial charge is 0.381 e. The summed E-state index contributed by atoms with van der Waals surface area (Å²) in [6, 6.07) is 10.0. The van der Waals surface area contributed by atoms with Crippen LogP contribution in [0.15, 0.2) is 41.8 Å². The zero-order chi connectivity index (χ0) is 20.2. The SMILES string of the molecule is CC(C)(NC(=O)c1cccs1)C(=O)NCC1(c2cccc(F)c2)CCOCC1. The van der Waals surface area contributed by atoms with Crippen molar-refractivity contribution in [3.05, 3.63) is 58.0 Å². The van der Waals surface area contributed by atoms with Crippen LogP contribution in [0.25, 0.3) is 0 Å². The lowest BCUT2D eigenvalue weighted by atomic mass is 9.74. The van der Waals surface area contributed by atoms with Crippen molar-refractivity contribution in [3.8, 4) is 0 Å². The van der Waals surface area contributed by atoms with Gasteiger partial charge in [-0.2, -0.15) is 0 Å². The van der Waals surface area contributed by atoms with Crippen LogP contribution in [-0.4, -0.2) is 37.1 Å². The molecule has 2 amide bonds. The first-order chi connectivity index (χ1) is 13.3. The van der Waals surface area contributed by atoms with Gasteiger partial charge in [0.25, 0.3) is 5.91 Å². The van der Waals surface area contributed by atoms with E-state index in [1.165, 1.54) is 23.5 Å². The van der Waals surface area contributed by atoms with Gasteiger partial charge in [0.1, 0.15) is 11.4 Å². The zero-order valence-electron chi connectivity index (χ0n) is 16.1. The van der Waals surface area contributed by atoms with Gasteiger partial charge in [0.15, 0.2) is 0 Å². The Hall–Kier alpha value is -2.25. The molecule has 1 aliphatic rings. The van der Waals surface area contributed by atoms with E-state index >= 15 is 0 Å². The minimum atomic E-state index is -1.07. The zero-order valence-corrected chi connectivity index (χ0v) is 16.9. The van der Waals surface area contributed by atoms with Crippen molar-refractivity contribution in [2.24, 2.45) is 0 Å². The summed E-state index contributed by atoms with van der Waals surface area (Å²) in [4.78, 5) is 25.7. The van der Waals surface area contributed by atoms with Gasteiger partial charge in [0, 0.05) is 25.2 Å². The maximum absolute atomic E-state index is 13.8. The van der Waals surface area contributed by atoms with Crippen molar-refractivity contribution in [1.82, 2.24) is 10.6 Å². The van der Waals surface area contributed by atoms with Crippen LogP contribution in [0.5, 0.6) is 0 Å². The quantitative estimate of drug-likeness (QED) is 0.777. The first kappa shape index (κ1) is 20.5. The minimum absolute atomic E-state index is 0.277. The van der Waals surface area contributed by atoms with Gasteiger partial charge in [-0.15, -0.1) is 11.3 Å². The Morgan fingerprint density at radius 1 is 1.21 bits per heavy atom. The van der Waals surface area contributed by atoms with Crippen LogP contribution in [0.1, 0.15) is 41.9 Å². The molecule has 0 bridgehead atoms. The number of hydrogen-bond acceptors (Lipinski definition) is 4. The summed E-state index contributed by atoms with van der Waals surface area (Å²) in [6.07, 6.45) is 1.39. The van der Waals surface area contributed by atoms with E-state index in [9.17, 15) is 14.0 Å². The third kappa shape index (κ3) is 4.59. The third-order valence-electron chi connectivity index (χ3n) is 5.21. The fraction of sp³-hybridized carbons (Fsp3) is 0.429. The second kappa shape index (κ2) is 8.41. The van der Waals surface area contributed by atoms with E-state index in [2.05, 4.69) is 10.6 Å². The standard InChI is InChI=1S/C21H25FN2O3S/c1-20(2,24-18(25)17-7-4-12-28-17)19(26)23-14-21(8-10-27-11-9-21)15-5-3-6-16(22)13-15/h3-7,12-13H,8-11,14H2,1-2H3,(H,23,26)(H,24,25). The predicted molar refractivity (Wildman–Crippen MR) is 107 cm³/mol. The number of hydrogen-bond donors (Lipinski definition) is 2. The molecule has 1 fully saturated rings. The Morgan fingerprint density at radius 2 is 1.96 bits per heavy atom. The molecule has 1 saturated heterocycles. The second-order valence-corrected chi connectivity index (χ2v) is 8.59. The molecule has 150 valence electrons. The lowest BCUT2D eigenvalue weighted by molar-refractivity contribution is -0.126. The van der Waals surface area contributed by atoms with Gasteiger partial charge >= 0.3 is 0 Å². The van der Waals surface area contributed by atoms with Crippen molar-refractivity contribution in [1.29, 1.82) is 0 Å². The monoisotopic (exact) mass is 404 g/mol. The molecule has 0 unspecified atom stereocenters. The highest BCUT2D eigenvalue weighted by Gasteiger charge is 2.37. The summed E-state index contributed by atoms with van der Waals surface area (Å²) >= 11 is 1.32. The highest BCUT2D eigenvalue weighted by molar-refractivity contribution is 7.12. The van der Waals surface area contributed by atoms with Crippen molar-refractivity contribution < 1.29 is 18.7 Å². The molecule has 0 radical (unpaired) electrons. The van der Waals surface area contributed by atoms with E-state index in [0.717, 1.165) is 5.56 Å². The Labute approximate surface area is 168 Å². The third-order valence-corrected chi connectivity index (χ3v) is 6.08. The normalized spacial score (nSPS) is 16.4. The topological polar surface area (TPSA) is 67.4 Å². The molecule has 0 aliphatic carbocycles. The number of carbonyl (C=O) groups excluding carboxylic acids is 2. The highest BCUT2D eigenvalue weighted by Crippen LogP contribution is 2.34. The average Bonchev–Trinajstić information content (AvgIpc) is 3.21. The average molecular weight is 405 g/mol. The predicted octanol–water partition coefficient (Wildman–Crippen LogP) is 3.26. The van der Waals surface area contributed by atoms with Gasteiger partial charge in [-0.1, -0.05) is 18.2 Å². The Kier molecular flexibility index (Phi) is 6.15. The first-order valence-corrected chi connectivity index (χ1v) is 10.2. The number of thiophene rings is 1. The van der Waals surface area contributed by atoms with E-state index in [4.69, 9.17) is 4.74 Å². The van der Waals surface area contributed by atoms with E-state index in [0.29, 0.717) is 37.5 Å². The molecule has 2 aromatic rings. The summed E-state index contributed by atoms with van der Waals surface area (Å²) in [6.45, 7) is 4.83. The molecule has 5 nitrogen and oxygen atoms in total. The van der Waals surface area contributed by atoms with E-state index < -0.39 is 5.54 Å². The molecule has 28 heavy (non-hydrogen) atoms. The molecule has 2 heterocycles. The maximum atomic E-state index is 13.8. The van der Waals surface area contributed by atoms with Crippen LogP contribution in [0.2, 0.25) is 0 Å². The van der Waals surface area contributed by atoms with E-state index in [1.54, 1.807) is 32.0 Å². The lowest BCUT2D eigenvalue weighted by Gasteiger charge is -2.39. The summed E-state index contributed by atoms with van der Waals surface area (Å²) in [5.74, 6) is -0.848. The highest BCUT2D eigenvalue weighted by atomic mass is 32.1.